The van der Waals surface area contributed by atoms with Crippen molar-refractivity contribution in [2.24, 2.45) is 5.92 Å². The Labute approximate surface area is 94.7 Å². The van der Waals surface area contributed by atoms with E-state index in [1.807, 2.05) is 17.2 Å². The number of rotatable bonds is 2. The standard InChI is InChI=1S/C12H15N3O/c16-12(14-5-9-1-2-9)15-7-10-3-4-13-6-11(10)8-15/h3-4,6,9H,1-2,5,7-8H2,(H,14,16). The molecule has 0 unspecified atom stereocenters. The maximum Gasteiger partial charge on any atom is 0.318 e. The molecule has 1 N–H and O–H groups in total. The second-order valence-corrected chi connectivity index (χ2v) is 4.63. The van der Waals surface area contributed by atoms with E-state index >= 15 is 0 Å². The quantitative estimate of drug-likeness (QED) is 0.816. The second kappa shape index (κ2) is 3.77. The molecule has 1 aliphatic heterocycles. The van der Waals surface area contributed by atoms with Gasteiger partial charge in [0.2, 0.25) is 0 Å². The van der Waals surface area contributed by atoms with Crippen molar-refractivity contribution < 1.29 is 4.79 Å². The van der Waals surface area contributed by atoms with Gasteiger partial charge in [-0.2, -0.15) is 0 Å². The first-order chi connectivity index (χ1) is 7.83. The van der Waals surface area contributed by atoms with Crippen LogP contribution in [-0.2, 0) is 13.1 Å². The zero-order chi connectivity index (χ0) is 11.0. The summed E-state index contributed by atoms with van der Waals surface area (Å²) in [5, 5.41) is 2.99. The number of hydrogen-bond acceptors (Lipinski definition) is 2. The molecule has 84 valence electrons. The van der Waals surface area contributed by atoms with Crippen LogP contribution in [0.25, 0.3) is 0 Å². The van der Waals surface area contributed by atoms with Gasteiger partial charge in [-0.25, -0.2) is 4.79 Å². The average molecular weight is 217 g/mol. The molecule has 0 saturated heterocycles. The summed E-state index contributed by atoms with van der Waals surface area (Å²) in [5.74, 6) is 0.732. The lowest BCUT2D eigenvalue weighted by molar-refractivity contribution is 0.198. The van der Waals surface area contributed by atoms with Crippen LogP contribution in [0.5, 0.6) is 0 Å². The average Bonchev–Trinajstić information content (AvgIpc) is 3.02. The van der Waals surface area contributed by atoms with Crippen molar-refractivity contribution in [3.63, 3.8) is 0 Å². The van der Waals surface area contributed by atoms with E-state index in [0.717, 1.165) is 12.5 Å². The Kier molecular flexibility index (Phi) is 2.27. The lowest BCUT2D eigenvalue weighted by atomic mass is 10.2. The van der Waals surface area contributed by atoms with E-state index in [1.54, 1.807) is 6.20 Å². The van der Waals surface area contributed by atoms with Crippen molar-refractivity contribution in [1.29, 1.82) is 0 Å². The minimum atomic E-state index is 0.0584. The Balaban J connectivity index is 1.59. The van der Waals surface area contributed by atoms with E-state index in [0.29, 0.717) is 13.1 Å². The van der Waals surface area contributed by atoms with Crippen molar-refractivity contribution in [3.8, 4) is 0 Å². The van der Waals surface area contributed by atoms with Crippen molar-refractivity contribution in [2.45, 2.75) is 25.9 Å². The summed E-state index contributed by atoms with van der Waals surface area (Å²) in [5.41, 5.74) is 2.39. The predicted molar refractivity (Wildman–Crippen MR) is 59.6 cm³/mol. The molecule has 3 rings (SSSR count). The van der Waals surface area contributed by atoms with Crippen LogP contribution in [-0.4, -0.2) is 22.5 Å². The maximum absolute atomic E-state index is 11.8. The highest BCUT2D eigenvalue weighted by atomic mass is 16.2. The number of urea groups is 1. The Morgan fingerprint density at radius 3 is 3.00 bits per heavy atom. The van der Waals surface area contributed by atoms with Gasteiger partial charge in [0.05, 0.1) is 0 Å². The van der Waals surface area contributed by atoms with Gasteiger partial charge >= 0.3 is 6.03 Å². The van der Waals surface area contributed by atoms with Gasteiger partial charge in [0.25, 0.3) is 0 Å². The molecular formula is C12H15N3O. The molecule has 1 aromatic rings. The second-order valence-electron chi connectivity index (χ2n) is 4.63. The van der Waals surface area contributed by atoms with Gasteiger partial charge in [-0.1, -0.05) is 0 Å². The molecule has 2 amide bonds. The number of nitrogens with one attached hydrogen (secondary N) is 1. The summed E-state index contributed by atoms with van der Waals surface area (Å²) in [6.45, 7) is 2.25. The predicted octanol–water partition coefficient (Wildman–Crippen LogP) is 1.52. The van der Waals surface area contributed by atoms with Crippen LogP contribution in [0.15, 0.2) is 18.5 Å². The molecular weight excluding hydrogens is 202 g/mol. The molecule has 0 atom stereocenters. The van der Waals surface area contributed by atoms with E-state index in [4.69, 9.17) is 0 Å². The van der Waals surface area contributed by atoms with Crippen LogP contribution >= 0.6 is 0 Å². The molecule has 16 heavy (non-hydrogen) atoms. The molecule has 2 heterocycles. The fraction of sp³-hybridized carbons (Fsp3) is 0.500. The highest BCUT2D eigenvalue weighted by molar-refractivity contribution is 5.75. The Bertz CT molecular complexity index is 389. The van der Waals surface area contributed by atoms with E-state index in [2.05, 4.69) is 10.3 Å². The first kappa shape index (κ1) is 9.63. The summed E-state index contributed by atoms with van der Waals surface area (Å²) in [6.07, 6.45) is 6.17. The van der Waals surface area contributed by atoms with Gasteiger partial charge in [0.15, 0.2) is 0 Å². The Morgan fingerprint density at radius 2 is 2.25 bits per heavy atom. The number of amides is 2. The first-order valence-corrected chi connectivity index (χ1v) is 5.77. The summed E-state index contributed by atoms with van der Waals surface area (Å²) < 4.78 is 0. The Hall–Kier alpha value is -1.58. The summed E-state index contributed by atoms with van der Waals surface area (Å²) in [7, 11) is 0. The topological polar surface area (TPSA) is 45.2 Å². The molecule has 0 aromatic carbocycles. The Morgan fingerprint density at radius 1 is 1.44 bits per heavy atom. The summed E-state index contributed by atoms with van der Waals surface area (Å²) in [4.78, 5) is 17.8. The lowest BCUT2D eigenvalue weighted by Crippen LogP contribution is -2.37. The number of carbonyl (C=O) groups excluding carboxylic acids is 1. The molecule has 1 fully saturated rings. The number of hydrogen-bond donors (Lipinski definition) is 1. The fourth-order valence-electron chi connectivity index (χ4n) is 2.03. The van der Waals surface area contributed by atoms with Crippen LogP contribution in [0.4, 0.5) is 4.79 Å². The highest BCUT2D eigenvalue weighted by Gasteiger charge is 2.26. The normalized spacial score (nSPS) is 18.4. The minimum Gasteiger partial charge on any atom is -0.338 e. The molecule has 2 aliphatic rings. The van der Waals surface area contributed by atoms with Gasteiger partial charge in [-0.3, -0.25) is 4.98 Å². The molecule has 0 bridgehead atoms. The molecule has 1 saturated carbocycles. The smallest absolute Gasteiger partial charge is 0.318 e. The summed E-state index contributed by atoms with van der Waals surface area (Å²) in [6, 6.07) is 2.05. The third-order valence-electron chi connectivity index (χ3n) is 3.25. The van der Waals surface area contributed by atoms with Crippen molar-refractivity contribution in [3.05, 3.63) is 29.6 Å². The molecule has 4 nitrogen and oxygen atoms in total. The largest absolute Gasteiger partial charge is 0.338 e. The van der Waals surface area contributed by atoms with Gasteiger partial charge in [0, 0.05) is 32.0 Å². The number of pyridine rings is 1. The third-order valence-corrected chi connectivity index (χ3v) is 3.25. The zero-order valence-corrected chi connectivity index (χ0v) is 9.15. The van der Waals surface area contributed by atoms with Gasteiger partial charge in [0.1, 0.15) is 0 Å². The van der Waals surface area contributed by atoms with Crippen LogP contribution in [0.3, 0.4) is 0 Å². The lowest BCUT2D eigenvalue weighted by Gasteiger charge is -2.16. The zero-order valence-electron chi connectivity index (χ0n) is 9.15. The van der Waals surface area contributed by atoms with E-state index < -0.39 is 0 Å². The maximum atomic E-state index is 11.8. The number of nitrogens with zero attached hydrogens (tertiary/aromatic N) is 2. The fourth-order valence-corrected chi connectivity index (χ4v) is 2.03. The number of carbonyl (C=O) groups is 1. The number of fused-ring (bicyclic) bond motifs is 1. The third kappa shape index (κ3) is 1.87. The first-order valence-electron chi connectivity index (χ1n) is 5.77. The minimum absolute atomic E-state index is 0.0584. The SMILES string of the molecule is O=C(NCC1CC1)N1Cc2ccncc2C1. The van der Waals surface area contributed by atoms with Crippen LogP contribution in [0, 0.1) is 5.92 Å². The van der Waals surface area contributed by atoms with Crippen molar-refractivity contribution in [2.75, 3.05) is 6.54 Å². The van der Waals surface area contributed by atoms with E-state index in [1.165, 1.54) is 24.0 Å². The monoisotopic (exact) mass is 217 g/mol. The van der Waals surface area contributed by atoms with Crippen molar-refractivity contribution in [1.82, 2.24) is 15.2 Å². The van der Waals surface area contributed by atoms with Gasteiger partial charge < -0.3 is 10.2 Å². The molecule has 4 heteroatoms. The van der Waals surface area contributed by atoms with E-state index in [9.17, 15) is 4.79 Å². The molecule has 0 spiro atoms. The van der Waals surface area contributed by atoms with Crippen LogP contribution in [0.2, 0.25) is 0 Å². The van der Waals surface area contributed by atoms with Gasteiger partial charge in [-0.05, 0) is 36.0 Å². The summed E-state index contributed by atoms with van der Waals surface area (Å²) >= 11 is 0. The highest BCUT2D eigenvalue weighted by Crippen LogP contribution is 2.28. The molecule has 1 aromatic heterocycles. The van der Waals surface area contributed by atoms with E-state index in [-0.39, 0.29) is 6.03 Å². The van der Waals surface area contributed by atoms with Crippen LogP contribution in [0.1, 0.15) is 24.0 Å². The van der Waals surface area contributed by atoms with Crippen LogP contribution < -0.4 is 5.32 Å². The molecule has 0 radical (unpaired) electrons. The van der Waals surface area contributed by atoms with Gasteiger partial charge in [-0.15, -0.1) is 0 Å². The van der Waals surface area contributed by atoms with Crippen molar-refractivity contribution >= 4 is 6.03 Å². The molecule has 1 aliphatic carbocycles. The number of aromatic nitrogens is 1.